The summed E-state index contributed by atoms with van der Waals surface area (Å²) in [6, 6.07) is 8.21. The highest BCUT2D eigenvalue weighted by Gasteiger charge is 2.49. The van der Waals surface area contributed by atoms with E-state index in [1.807, 2.05) is 0 Å². The van der Waals surface area contributed by atoms with Gasteiger partial charge in [0, 0.05) is 12.3 Å². The fraction of sp³-hybridized carbons (Fsp3) is 0.462. The smallest absolute Gasteiger partial charge is 0.323 e. The van der Waals surface area contributed by atoms with Gasteiger partial charge in [0.15, 0.2) is 0 Å². The fourth-order valence-corrected chi connectivity index (χ4v) is 1.64. The van der Waals surface area contributed by atoms with Crippen LogP contribution in [0.15, 0.2) is 30.3 Å². The van der Waals surface area contributed by atoms with Crippen LogP contribution in [-0.2, 0) is 11.2 Å². The Hall–Kier alpha value is -1.49. The third-order valence-corrected chi connectivity index (χ3v) is 3.28. The van der Waals surface area contributed by atoms with Gasteiger partial charge in [0.2, 0.25) is 0 Å². The summed E-state index contributed by atoms with van der Waals surface area (Å²) in [5.41, 5.74) is 3.96. The minimum Gasteiger partial charge on any atom is -0.480 e. The molecular weight excluding hydrogens is 240 g/mol. The second kappa shape index (κ2) is 5.02. The van der Waals surface area contributed by atoms with Gasteiger partial charge in [0.1, 0.15) is 5.54 Å². The van der Waals surface area contributed by atoms with Gasteiger partial charge in [0.25, 0.3) is 5.92 Å². The standard InChI is InChI=1S/C13H17F2NO2/c1-9(12(2,16)11(17)18)13(14,15)8-10-6-4-3-5-7-10/h3-7,9H,8,16H2,1-2H3,(H,17,18)/t9?,12-/m0/s1. The van der Waals surface area contributed by atoms with Gasteiger partial charge in [-0.1, -0.05) is 37.3 Å². The van der Waals surface area contributed by atoms with Crippen LogP contribution in [0, 0.1) is 5.92 Å². The number of carboxylic acids is 1. The number of rotatable bonds is 5. The maximum absolute atomic E-state index is 14.0. The van der Waals surface area contributed by atoms with Gasteiger partial charge in [-0.25, -0.2) is 8.78 Å². The lowest BCUT2D eigenvalue weighted by Crippen LogP contribution is -2.56. The second-order valence-electron chi connectivity index (χ2n) is 4.73. The zero-order valence-corrected chi connectivity index (χ0v) is 10.4. The van der Waals surface area contributed by atoms with Crippen molar-refractivity contribution in [3.8, 4) is 0 Å². The Balaban J connectivity index is 2.90. The van der Waals surface area contributed by atoms with Crippen molar-refractivity contribution in [3.63, 3.8) is 0 Å². The van der Waals surface area contributed by atoms with Gasteiger partial charge < -0.3 is 10.8 Å². The molecule has 0 saturated heterocycles. The maximum atomic E-state index is 14.0. The van der Waals surface area contributed by atoms with Crippen molar-refractivity contribution in [3.05, 3.63) is 35.9 Å². The Labute approximate surface area is 105 Å². The lowest BCUT2D eigenvalue weighted by molar-refractivity contribution is -0.153. The molecule has 2 atom stereocenters. The van der Waals surface area contributed by atoms with E-state index in [0.29, 0.717) is 5.56 Å². The maximum Gasteiger partial charge on any atom is 0.323 e. The lowest BCUT2D eigenvalue weighted by Gasteiger charge is -2.33. The van der Waals surface area contributed by atoms with E-state index in [2.05, 4.69) is 0 Å². The topological polar surface area (TPSA) is 63.3 Å². The average Bonchev–Trinajstić information content (AvgIpc) is 2.28. The Morgan fingerprint density at radius 3 is 2.33 bits per heavy atom. The molecule has 1 rings (SSSR count). The summed E-state index contributed by atoms with van der Waals surface area (Å²) < 4.78 is 28.0. The van der Waals surface area contributed by atoms with E-state index in [4.69, 9.17) is 10.8 Å². The van der Waals surface area contributed by atoms with Crippen LogP contribution in [0.25, 0.3) is 0 Å². The second-order valence-corrected chi connectivity index (χ2v) is 4.73. The largest absolute Gasteiger partial charge is 0.480 e. The fourth-order valence-electron chi connectivity index (χ4n) is 1.64. The van der Waals surface area contributed by atoms with Crippen LogP contribution in [0.5, 0.6) is 0 Å². The number of hydrogen-bond acceptors (Lipinski definition) is 2. The predicted octanol–water partition coefficient (Wildman–Crippen LogP) is 2.30. The Bertz CT molecular complexity index is 418. The molecule has 0 aliphatic rings. The molecule has 1 unspecified atom stereocenters. The van der Waals surface area contributed by atoms with Crippen LogP contribution < -0.4 is 5.73 Å². The highest BCUT2D eigenvalue weighted by molar-refractivity contribution is 5.78. The van der Waals surface area contributed by atoms with Crippen molar-refractivity contribution >= 4 is 5.97 Å². The first-order valence-electron chi connectivity index (χ1n) is 5.62. The number of hydrogen-bond donors (Lipinski definition) is 2. The van der Waals surface area contributed by atoms with Crippen LogP contribution >= 0.6 is 0 Å². The summed E-state index contributed by atoms with van der Waals surface area (Å²) in [4.78, 5) is 10.9. The zero-order chi connectivity index (χ0) is 14.0. The van der Waals surface area contributed by atoms with Crippen molar-refractivity contribution in [2.75, 3.05) is 0 Å². The summed E-state index contributed by atoms with van der Waals surface area (Å²) in [5.74, 6) is -6.08. The monoisotopic (exact) mass is 257 g/mol. The van der Waals surface area contributed by atoms with Crippen LogP contribution in [0.1, 0.15) is 19.4 Å². The van der Waals surface area contributed by atoms with Crippen molar-refractivity contribution in [2.24, 2.45) is 11.7 Å². The number of halogens is 2. The number of carbonyl (C=O) groups is 1. The molecule has 0 fully saturated rings. The molecule has 3 nitrogen and oxygen atoms in total. The van der Waals surface area contributed by atoms with E-state index in [1.54, 1.807) is 30.3 Å². The van der Waals surface area contributed by atoms with Gasteiger partial charge in [0.05, 0.1) is 0 Å². The molecule has 0 aliphatic heterocycles. The van der Waals surface area contributed by atoms with Gasteiger partial charge in [-0.2, -0.15) is 0 Å². The summed E-state index contributed by atoms with van der Waals surface area (Å²) in [5, 5.41) is 8.88. The molecule has 1 aromatic rings. The highest BCUT2D eigenvalue weighted by Crippen LogP contribution is 2.34. The molecule has 0 spiro atoms. The highest BCUT2D eigenvalue weighted by atomic mass is 19.3. The molecule has 1 aromatic carbocycles. The summed E-state index contributed by atoms with van der Waals surface area (Å²) in [7, 11) is 0. The summed E-state index contributed by atoms with van der Waals surface area (Å²) in [6.07, 6.45) is -0.519. The molecule has 3 N–H and O–H groups in total. The zero-order valence-electron chi connectivity index (χ0n) is 10.4. The van der Waals surface area contributed by atoms with Crippen molar-refractivity contribution < 1.29 is 18.7 Å². The molecule has 0 radical (unpaired) electrons. The van der Waals surface area contributed by atoms with E-state index >= 15 is 0 Å². The molecule has 0 bridgehead atoms. The third-order valence-electron chi connectivity index (χ3n) is 3.28. The van der Waals surface area contributed by atoms with Crippen LogP contribution in [0.4, 0.5) is 8.78 Å². The van der Waals surface area contributed by atoms with E-state index < -0.39 is 29.8 Å². The molecule has 0 amide bonds. The molecule has 0 aliphatic carbocycles. The summed E-state index contributed by atoms with van der Waals surface area (Å²) in [6.45, 7) is 2.27. The lowest BCUT2D eigenvalue weighted by atomic mass is 9.81. The van der Waals surface area contributed by atoms with Crippen LogP contribution in [0.3, 0.4) is 0 Å². The quantitative estimate of drug-likeness (QED) is 0.850. The van der Waals surface area contributed by atoms with Crippen molar-refractivity contribution in [2.45, 2.75) is 31.7 Å². The SMILES string of the molecule is CC(C(F)(F)Cc1ccccc1)[C@](C)(N)C(=O)O. The molecule has 0 saturated carbocycles. The number of carboxylic acid groups (broad SMARTS) is 1. The molecule has 5 heteroatoms. The van der Waals surface area contributed by atoms with Gasteiger partial charge >= 0.3 is 5.97 Å². The normalized spacial score (nSPS) is 16.9. The molecule has 0 aromatic heterocycles. The van der Waals surface area contributed by atoms with Crippen molar-refractivity contribution in [1.82, 2.24) is 0 Å². The Morgan fingerprint density at radius 1 is 1.39 bits per heavy atom. The first kappa shape index (κ1) is 14.6. The number of nitrogens with two attached hydrogens (primary N) is 1. The van der Waals surface area contributed by atoms with E-state index in [9.17, 15) is 13.6 Å². The number of aliphatic carboxylic acids is 1. The first-order valence-corrected chi connectivity index (χ1v) is 5.62. The third kappa shape index (κ3) is 3.04. The first-order chi connectivity index (χ1) is 8.18. The molecule has 0 heterocycles. The van der Waals surface area contributed by atoms with Gasteiger partial charge in [-0.15, -0.1) is 0 Å². The van der Waals surface area contributed by atoms with Crippen LogP contribution in [-0.4, -0.2) is 22.5 Å². The van der Waals surface area contributed by atoms with E-state index in [1.165, 1.54) is 0 Å². The van der Waals surface area contributed by atoms with Gasteiger partial charge in [-0.05, 0) is 12.5 Å². The summed E-state index contributed by atoms with van der Waals surface area (Å²) >= 11 is 0. The van der Waals surface area contributed by atoms with Gasteiger partial charge in [-0.3, -0.25) is 4.79 Å². The minimum absolute atomic E-state index is 0.454. The predicted molar refractivity (Wildman–Crippen MR) is 64.5 cm³/mol. The van der Waals surface area contributed by atoms with E-state index in [-0.39, 0.29) is 0 Å². The molecular formula is C13H17F2NO2. The molecule has 100 valence electrons. The average molecular weight is 257 g/mol. The number of benzene rings is 1. The Kier molecular flexibility index (Phi) is 4.06. The molecule has 18 heavy (non-hydrogen) atoms. The Morgan fingerprint density at radius 2 is 1.89 bits per heavy atom. The van der Waals surface area contributed by atoms with Crippen molar-refractivity contribution in [1.29, 1.82) is 0 Å². The van der Waals surface area contributed by atoms with Crippen LogP contribution in [0.2, 0.25) is 0 Å². The number of alkyl halides is 2. The minimum atomic E-state index is -3.18. The van der Waals surface area contributed by atoms with E-state index in [0.717, 1.165) is 13.8 Å².